The van der Waals surface area contributed by atoms with Crippen molar-refractivity contribution in [3.05, 3.63) is 64.2 Å². The van der Waals surface area contributed by atoms with Crippen LogP contribution in [-0.2, 0) is 10.0 Å². The molecule has 0 spiro atoms. The highest BCUT2D eigenvalue weighted by molar-refractivity contribution is 7.92. The number of hydrogen-bond donors (Lipinski definition) is 2. The Bertz CT molecular complexity index is 921. The van der Waals surface area contributed by atoms with Gasteiger partial charge in [-0.15, -0.1) is 0 Å². The van der Waals surface area contributed by atoms with Crippen LogP contribution in [0.15, 0.2) is 36.4 Å². The number of carbonyl (C=O) groups excluding carboxylic acids is 1. The van der Waals surface area contributed by atoms with Crippen LogP contribution >= 0.6 is 0 Å². The van der Waals surface area contributed by atoms with Gasteiger partial charge in [-0.2, -0.15) is 0 Å². The highest BCUT2D eigenvalue weighted by atomic mass is 32.2. The van der Waals surface area contributed by atoms with Gasteiger partial charge in [-0.3, -0.25) is 9.52 Å². The molecule has 2 N–H and O–H groups in total. The average molecular weight is 375 g/mol. The highest BCUT2D eigenvalue weighted by Gasteiger charge is 2.17. The van der Waals surface area contributed by atoms with Gasteiger partial charge < -0.3 is 5.32 Å². The lowest BCUT2D eigenvalue weighted by molar-refractivity contribution is 0.0935. The van der Waals surface area contributed by atoms with Crippen LogP contribution < -0.4 is 10.0 Å². The molecule has 0 aliphatic heterocycles. The van der Waals surface area contributed by atoms with Crippen molar-refractivity contribution >= 4 is 21.6 Å². The summed E-state index contributed by atoms with van der Waals surface area (Å²) in [5.74, 6) is -0.175. The molecule has 5 nitrogen and oxygen atoms in total. The van der Waals surface area contributed by atoms with Gasteiger partial charge in [0.05, 0.1) is 18.0 Å². The number of benzene rings is 2. The molecule has 2 aromatic carbocycles. The van der Waals surface area contributed by atoms with Crippen molar-refractivity contribution in [1.29, 1.82) is 0 Å². The maximum atomic E-state index is 12.7. The van der Waals surface area contributed by atoms with Gasteiger partial charge >= 0.3 is 0 Å². The fraction of sp³-hybridized carbons (Fsp3) is 0.350. The first kappa shape index (κ1) is 20.0. The molecular weight excluding hydrogens is 348 g/mol. The zero-order valence-corrected chi connectivity index (χ0v) is 16.7. The van der Waals surface area contributed by atoms with Crippen molar-refractivity contribution in [1.82, 2.24) is 5.32 Å². The first-order valence-electron chi connectivity index (χ1n) is 8.57. The van der Waals surface area contributed by atoms with E-state index in [9.17, 15) is 13.2 Å². The Morgan fingerprint density at radius 2 is 1.73 bits per heavy atom. The molecule has 1 amide bonds. The lowest BCUT2D eigenvalue weighted by Gasteiger charge is -2.20. The number of aryl methyl sites for hydroxylation is 3. The number of carbonyl (C=O) groups is 1. The van der Waals surface area contributed by atoms with Crippen LogP contribution in [0.2, 0.25) is 0 Å². The van der Waals surface area contributed by atoms with Crippen LogP contribution in [0.1, 0.15) is 52.0 Å². The van der Waals surface area contributed by atoms with E-state index in [-0.39, 0.29) is 11.9 Å². The van der Waals surface area contributed by atoms with Crippen molar-refractivity contribution in [3.8, 4) is 0 Å². The quantitative estimate of drug-likeness (QED) is 0.806. The van der Waals surface area contributed by atoms with Crippen LogP contribution in [-0.4, -0.2) is 20.6 Å². The van der Waals surface area contributed by atoms with Gasteiger partial charge in [0.2, 0.25) is 10.0 Å². The van der Waals surface area contributed by atoms with E-state index < -0.39 is 10.0 Å². The van der Waals surface area contributed by atoms with E-state index in [1.165, 1.54) is 5.56 Å². The number of amides is 1. The zero-order valence-electron chi connectivity index (χ0n) is 15.9. The average Bonchev–Trinajstić information content (AvgIpc) is 2.53. The van der Waals surface area contributed by atoms with E-state index in [1.54, 1.807) is 25.1 Å². The Labute approximate surface area is 155 Å². The lowest BCUT2D eigenvalue weighted by Crippen LogP contribution is -2.28. The Balaban J connectivity index is 2.21. The molecule has 0 aliphatic rings. The van der Waals surface area contributed by atoms with Crippen molar-refractivity contribution in [2.45, 2.75) is 40.2 Å². The minimum atomic E-state index is -3.35. The van der Waals surface area contributed by atoms with Crippen LogP contribution in [0, 0.1) is 20.8 Å². The molecule has 0 bridgehead atoms. The molecular formula is C20H26N2O3S. The SMILES string of the molecule is CCC(NC(=O)c1ccc(NS(C)(=O)=O)c(C)c1)c1ccc(C)cc1C. The summed E-state index contributed by atoms with van der Waals surface area (Å²) >= 11 is 0. The van der Waals surface area contributed by atoms with Crippen LogP contribution in [0.5, 0.6) is 0 Å². The first-order chi connectivity index (χ1) is 12.1. The van der Waals surface area contributed by atoms with Gasteiger partial charge in [-0.1, -0.05) is 30.7 Å². The maximum Gasteiger partial charge on any atom is 0.251 e. The first-order valence-corrected chi connectivity index (χ1v) is 10.5. The summed E-state index contributed by atoms with van der Waals surface area (Å²) in [7, 11) is -3.35. The van der Waals surface area contributed by atoms with Gasteiger partial charge in [0.25, 0.3) is 5.91 Å². The van der Waals surface area contributed by atoms with Gasteiger partial charge in [0.1, 0.15) is 0 Å². The third-order valence-electron chi connectivity index (χ3n) is 4.30. The van der Waals surface area contributed by atoms with Gasteiger partial charge in [0.15, 0.2) is 0 Å². The van der Waals surface area contributed by atoms with E-state index in [4.69, 9.17) is 0 Å². The zero-order chi connectivity index (χ0) is 19.5. The summed E-state index contributed by atoms with van der Waals surface area (Å²) in [5.41, 5.74) is 5.13. The van der Waals surface area contributed by atoms with E-state index in [0.29, 0.717) is 16.8 Å². The molecule has 0 aromatic heterocycles. The number of hydrogen-bond acceptors (Lipinski definition) is 3. The maximum absolute atomic E-state index is 12.7. The summed E-state index contributed by atoms with van der Waals surface area (Å²) in [5, 5.41) is 3.08. The monoisotopic (exact) mass is 374 g/mol. The predicted molar refractivity (Wildman–Crippen MR) is 106 cm³/mol. The normalized spacial score (nSPS) is 12.5. The molecule has 0 heterocycles. The minimum absolute atomic E-state index is 0.0720. The van der Waals surface area contributed by atoms with Crippen molar-refractivity contribution < 1.29 is 13.2 Å². The third-order valence-corrected chi connectivity index (χ3v) is 4.89. The Hall–Kier alpha value is -2.34. The predicted octanol–water partition coefficient (Wildman–Crippen LogP) is 3.86. The smallest absolute Gasteiger partial charge is 0.251 e. The molecule has 0 radical (unpaired) electrons. The van der Waals surface area contributed by atoms with Gasteiger partial charge in [0, 0.05) is 5.56 Å². The molecule has 2 aromatic rings. The van der Waals surface area contributed by atoms with Crippen molar-refractivity contribution in [2.75, 3.05) is 11.0 Å². The summed E-state index contributed by atoms with van der Waals surface area (Å²) in [6, 6.07) is 11.1. The molecule has 6 heteroatoms. The summed E-state index contributed by atoms with van der Waals surface area (Å²) in [6.45, 7) is 7.90. The minimum Gasteiger partial charge on any atom is -0.345 e. The molecule has 1 atom stereocenters. The Kier molecular flexibility index (Phi) is 6.08. The number of anilines is 1. The molecule has 0 saturated carbocycles. The molecule has 140 valence electrons. The van der Waals surface area contributed by atoms with E-state index in [2.05, 4.69) is 22.2 Å². The fourth-order valence-corrected chi connectivity index (χ4v) is 3.61. The van der Waals surface area contributed by atoms with E-state index >= 15 is 0 Å². The van der Waals surface area contributed by atoms with Crippen molar-refractivity contribution in [3.63, 3.8) is 0 Å². The Morgan fingerprint density at radius 3 is 2.27 bits per heavy atom. The molecule has 0 aliphatic carbocycles. The van der Waals surface area contributed by atoms with Gasteiger partial charge in [-0.25, -0.2) is 8.42 Å². The second kappa shape index (κ2) is 7.91. The molecule has 1 unspecified atom stereocenters. The Morgan fingerprint density at radius 1 is 1.04 bits per heavy atom. The molecule has 0 saturated heterocycles. The van der Waals surface area contributed by atoms with Crippen LogP contribution in [0.4, 0.5) is 5.69 Å². The van der Waals surface area contributed by atoms with E-state index in [0.717, 1.165) is 23.8 Å². The molecule has 0 fully saturated rings. The summed E-state index contributed by atoms with van der Waals surface area (Å²) in [4.78, 5) is 12.7. The number of nitrogens with one attached hydrogen (secondary N) is 2. The van der Waals surface area contributed by atoms with Gasteiger partial charge in [-0.05, 0) is 62.1 Å². The highest BCUT2D eigenvalue weighted by Crippen LogP contribution is 2.23. The largest absolute Gasteiger partial charge is 0.345 e. The molecule has 26 heavy (non-hydrogen) atoms. The molecule has 2 rings (SSSR count). The van der Waals surface area contributed by atoms with E-state index in [1.807, 2.05) is 26.8 Å². The number of rotatable bonds is 6. The number of sulfonamides is 1. The van der Waals surface area contributed by atoms with Crippen LogP contribution in [0.25, 0.3) is 0 Å². The standard InChI is InChI=1S/C20H26N2O3S/c1-6-18(17-9-7-13(2)11-14(17)3)21-20(23)16-8-10-19(15(4)12-16)22-26(5,24)25/h7-12,18,22H,6H2,1-5H3,(H,21,23). The second-order valence-corrected chi connectivity index (χ2v) is 8.45. The second-order valence-electron chi connectivity index (χ2n) is 6.70. The van der Waals surface area contributed by atoms with Crippen LogP contribution in [0.3, 0.4) is 0 Å². The third kappa shape index (κ3) is 5.08. The summed E-state index contributed by atoms with van der Waals surface area (Å²) in [6.07, 6.45) is 1.88. The lowest BCUT2D eigenvalue weighted by atomic mass is 9.97. The fourth-order valence-electron chi connectivity index (χ4n) is 2.98. The summed E-state index contributed by atoms with van der Waals surface area (Å²) < 4.78 is 25.2. The topological polar surface area (TPSA) is 75.3 Å². The van der Waals surface area contributed by atoms with Crippen molar-refractivity contribution in [2.24, 2.45) is 0 Å².